The smallest absolute Gasteiger partial charge is 0.443 e. The summed E-state index contributed by atoms with van der Waals surface area (Å²) in [5.74, 6) is 0. The van der Waals surface area contributed by atoms with Crippen LogP contribution in [-0.2, 0) is 20.6 Å². The molecular weight excluding hydrogens is 367 g/mol. The fourth-order valence-electron chi connectivity index (χ4n) is 4.46. The minimum atomic E-state index is -0.391. The molecule has 1 aromatic rings. The largest absolute Gasteiger partial charge is 0.494 e. The van der Waals surface area contributed by atoms with Crippen LogP contribution < -0.4 is 5.46 Å². The summed E-state index contributed by atoms with van der Waals surface area (Å²) < 4.78 is 18.0. The molecule has 1 atom stereocenters. The summed E-state index contributed by atoms with van der Waals surface area (Å²) in [5.41, 5.74) is 1.22. The molecule has 0 aliphatic carbocycles. The molecule has 0 saturated carbocycles. The summed E-state index contributed by atoms with van der Waals surface area (Å²) in [6, 6.07) is 8.70. The second-order valence-corrected chi connectivity index (χ2v) is 10.2. The average molecular weight is 400 g/mol. The number of amides is 1. The number of rotatable bonds is 3. The Morgan fingerprint density at radius 3 is 2.45 bits per heavy atom. The fourth-order valence-corrected chi connectivity index (χ4v) is 4.46. The maximum absolute atomic E-state index is 12.3. The Morgan fingerprint density at radius 2 is 1.76 bits per heavy atom. The van der Waals surface area contributed by atoms with E-state index in [1.165, 1.54) is 5.56 Å². The maximum atomic E-state index is 12.3. The zero-order valence-corrected chi connectivity index (χ0v) is 18.5. The summed E-state index contributed by atoms with van der Waals surface area (Å²) in [4.78, 5) is 16.6. The van der Waals surface area contributed by atoms with Gasteiger partial charge >= 0.3 is 13.2 Å². The van der Waals surface area contributed by atoms with Crippen LogP contribution in [0.4, 0.5) is 4.79 Å². The van der Waals surface area contributed by atoms with Crippen LogP contribution in [0.2, 0.25) is 0 Å². The third-order valence-electron chi connectivity index (χ3n) is 6.77. The predicted octanol–water partition coefficient (Wildman–Crippen LogP) is 2.79. The molecule has 4 rings (SSSR count). The zero-order valence-electron chi connectivity index (χ0n) is 18.5. The van der Waals surface area contributed by atoms with Gasteiger partial charge in [0.2, 0.25) is 0 Å². The van der Waals surface area contributed by atoms with E-state index < -0.39 is 5.60 Å². The lowest BCUT2D eigenvalue weighted by molar-refractivity contribution is -0.0696. The Labute approximate surface area is 174 Å². The minimum absolute atomic E-state index is 0.173. The van der Waals surface area contributed by atoms with E-state index in [9.17, 15) is 4.79 Å². The van der Waals surface area contributed by atoms with Gasteiger partial charge in [-0.05, 0) is 52.6 Å². The van der Waals surface area contributed by atoms with Gasteiger partial charge in [0.05, 0.1) is 17.2 Å². The summed E-state index contributed by atoms with van der Waals surface area (Å²) in [6.07, 6.45) is 0.692. The molecule has 0 spiro atoms. The van der Waals surface area contributed by atoms with Crippen LogP contribution in [0.3, 0.4) is 0 Å². The Morgan fingerprint density at radius 1 is 1.07 bits per heavy atom. The number of carbonyl (C=O) groups is 1. The number of fused-ring (bicyclic) bond motifs is 1. The lowest BCUT2D eigenvalue weighted by Gasteiger charge is -2.48. The predicted molar refractivity (Wildman–Crippen MR) is 113 cm³/mol. The van der Waals surface area contributed by atoms with Gasteiger partial charge in [0.25, 0.3) is 0 Å². The molecule has 1 amide bonds. The van der Waals surface area contributed by atoms with Crippen molar-refractivity contribution in [2.24, 2.45) is 0 Å². The van der Waals surface area contributed by atoms with Crippen molar-refractivity contribution in [3.05, 3.63) is 29.8 Å². The molecule has 0 unspecified atom stereocenters. The maximum Gasteiger partial charge on any atom is 0.494 e. The topological polar surface area (TPSA) is 51.2 Å². The van der Waals surface area contributed by atoms with Crippen LogP contribution in [-0.4, -0.2) is 65.5 Å². The quantitative estimate of drug-likeness (QED) is 0.731. The molecular formula is C22H33BN2O4. The number of carbonyl (C=O) groups excluding carboxylic acids is 1. The third-order valence-corrected chi connectivity index (χ3v) is 6.77. The van der Waals surface area contributed by atoms with E-state index >= 15 is 0 Å². The first-order valence-electron chi connectivity index (χ1n) is 10.6. The first-order valence-corrected chi connectivity index (χ1v) is 10.6. The van der Waals surface area contributed by atoms with Crippen molar-refractivity contribution in [3.8, 4) is 0 Å². The van der Waals surface area contributed by atoms with Crippen molar-refractivity contribution in [2.75, 3.05) is 19.6 Å². The molecule has 29 heavy (non-hydrogen) atoms. The van der Waals surface area contributed by atoms with E-state index in [2.05, 4.69) is 56.9 Å². The van der Waals surface area contributed by atoms with Crippen molar-refractivity contribution in [2.45, 2.75) is 77.4 Å². The van der Waals surface area contributed by atoms with Crippen molar-refractivity contribution in [1.82, 2.24) is 9.80 Å². The number of piperazine rings is 1. The Kier molecular flexibility index (Phi) is 4.99. The molecule has 3 saturated heterocycles. The van der Waals surface area contributed by atoms with Gasteiger partial charge in [-0.2, -0.15) is 0 Å². The van der Waals surface area contributed by atoms with Crippen LogP contribution in [0.1, 0.15) is 53.5 Å². The standard InChI is InChI=1S/C22H33BN2O4/c1-20(2)13-18-15-24(10-11-25(18)19(26)27-20)14-16-8-7-9-17(12-16)23-28-21(3,4)22(5,6)29-23/h7-9,12,18H,10-11,13-15H2,1-6H3/t18-/m0/s1. The molecule has 7 heteroatoms. The highest BCUT2D eigenvalue weighted by Gasteiger charge is 2.51. The lowest BCUT2D eigenvalue weighted by Crippen LogP contribution is -2.61. The van der Waals surface area contributed by atoms with E-state index in [-0.39, 0.29) is 30.5 Å². The molecule has 0 aromatic heterocycles. The van der Waals surface area contributed by atoms with E-state index in [0.717, 1.165) is 38.1 Å². The Bertz CT molecular complexity index is 779. The van der Waals surface area contributed by atoms with Crippen LogP contribution in [0.25, 0.3) is 0 Å². The SMILES string of the molecule is CC1(C)C[C@H]2CN(Cc3cccc(B4OC(C)(C)C(C)(C)O4)c3)CCN2C(=O)O1. The van der Waals surface area contributed by atoms with Gasteiger partial charge in [0.15, 0.2) is 0 Å². The second kappa shape index (κ2) is 7.00. The molecule has 158 valence electrons. The van der Waals surface area contributed by atoms with Gasteiger partial charge in [0, 0.05) is 32.6 Å². The summed E-state index contributed by atoms with van der Waals surface area (Å²) in [5, 5.41) is 0. The number of ether oxygens (including phenoxy) is 1. The van der Waals surface area contributed by atoms with Crippen LogP contribution in [0, 0.1) is 0 Å². The van der Waals surface area contributed by atoms with Gasteiger partial charge in [-0.25, -0.2) is 4.79 Å². The van der Waals surface area contributed by atoms with E-state index in [4.69, 9.17) is 14.0 Å². The number of hydrogen-bond donors (Lipinski definition) is 0. The fraction of sp³-hybridized carbons (Fsp3) is 0.682. The number of nitrogens with zero attached hydrogens (tertiary/aromatic N) is 2. The van der Waals surface area contributed by atoms with E-state index in [1.807, 2.05) is 18.7 Å². The average Bonchev–Trinajstić information content (AvgIpc) is 2.81. The van der Waals surface area contributed by atoms with E-state index in [1.54, 1.807) is 0 Å². The van der Waals surface area contributed by atoms with Crippen molar-refractivity contribution in [3.63, 3.8) is 0 Å². The number of cyclic esters (lactones) is 1. The summed E-state index contributed by atoms with van der Waals surface area (Å²) >= 11 is 0. The zero-order chi connectivity index (χ0) is 21.0. The van der Waals surface area contributed by atoms with E-state index in [0.29, 0.717) is 0 Å². The van der Waals surface area contributed by atoms with Gasteiger partial charge in [-0.15, -0.1) is 0 Å². The van der Waals surface area contributed by atoms with Gasteiger partial charge in [-0.3, -0.25) is 4.90 Å². The molecule has 3 aliphatic heterocycles. The second-order valence-electron chi connectivity index (χ2n) is 10.2. The highest BCUT2D eigenvalue weighted by Crippen LogP contribution is 2.36. The van der Waals surface area contributed by atoms with Crippen molar-refractivity contribution < 1.29 is 18.8 Å². The Hall–Kier alpha value is -1.57. The van der Waals surface area contributed by atoms with Gasteiger partial charge in [-0.1, -0.05) is 24.3 Å². The highest BCUT2D eigenvalue weighted by atomic mass is 16.7. The normalized spacial score (nSPS) is 28.2. The monoisotopic (exact) mass is 400 g/mol. The van der Waals surface area contributed by atoms with Crippen LogP contribution in [0.5, 0.6) is 0 Å². The van der Waals surface area contributed by atoms with Crippen LogP contribution in [0.15, 0.2) is 24.3 Å². The summed E-state index contributed by atoms with van der Waals surface area (Å²) in [6.45, 7) is 15.6. The first-order chi connectivity index (χ1) is 13.5. The van der Waals surface area contributed by atoms with Crippen molar-refractivity contribution >= 4 is 18.7 Å². The molecule has 3 aliphatic rings. The number of hydrogen-bond acceptors (Lipinski definition) is 5. The summed E-state index contributed by atoms with van der Waals surface area (Å²) in [7, 11) is -0.342. The number of benzene rings is 1. The highest BCUT2D eigenvalue weighted by molar-refractivity contribution is 6.62. The molecule has 1 aromatic carbocycles. The molecule has 0 radical (unpaired) electrons. The van der Waals surface area contributed by atoms with Crippen LogP contribution >= 0.6 is 0 Å². The first kappa shape index (κ1) is 20.7. The molecule has 6 nitrogen and oxygen atoms in total. The minimum Gasteiger partial charge on any atom is -0.443 e. The molecule has 0 bridgehead atoms. The molecule has 3 fully saturated rings. The lowest BCUT2D eigenvalue weighted by atomic mass is 9.78. The molecule has 3 heterocycles. The van der Waals surface area contributed by atoms with Gasteiger partial charge in [0.1, 0.15) is 5.60 Å². The van der Waals surface area contributed by atoms with Crippen molar-refractivity contribution in [1.29, 1.82) is 0 Å². The van der Waals surface area contributed by atoms with Gasteiger partial charge < -0.3 is 18.9 Å². The third kappa shape index (κ3) is 4.05. The molecule has 0 N–H and O–H groups in total. The Balaban J connectivity index is 1.43.